The summed E-state index contributed by atoms with van der Waals surface area (Å²) in [5, 5.41) is 4.22. The van der Waals surface area contributed by atoms with Gasteiger partial charge < -0.3 is 10.5 Å². The lowest BCUT2D eigenvalue weighted by molar-refractivity contribution is 0.325. The number of rotatable bonds is 1. The summed E-state index contributed by atoms with van der Waals surface area (Å²) in [4.78, 5) is 0. The van der Waals surface area contributed by atoms with Crippen LogP contribution in [0.1, 0.15) is 20.8 Å². The van der Waals surface area contributed by atoms with Crippen molar-refractivity contribution in [1.82, 2.24) is 9.78 Å². The molecule has 74 valence electrons. The molecule has 0 amide bonds. The number of nitrogen functional groups attached to an aromatic ring is 1. The van der Waals surface area contributed by atoms with E-state index in [0.29, 0.717) is 11.6 Å². The summed E-state index contributed by atoms with van der Waals surface area (Å²) < 4.78 is 7.57. The summed E-state index contributed by atoms with van der Waals surface area (Å²) in [7, 11) is 1.55. The Labute approximate surface area is 86.2 Å². The highest BCUT2D eigenvalue weighted by Crippen LogP contribution is 2.32. The summed E-state index contributed by atoms with van der Waals surface area (Å²) in [6.45, 7) is 6.14. The van der Waals surface area contributed by atoms with Gasteiger partial charge in [0.1, 0.15) is 10.3 Å². The van der Waals surface area contributed by atoms with E-state index in [1.807, 2.05) is 20.8 Å². The molecule has 0 saturated heterocycles. The first-order chi connectivity index (χ1) is 5.88. The van der Waals surface area contributed by atoms with Gasteiger partial charge in [0, 0.05) is 0 Å². The number of hydrogen-bond donors (Lipinski definition) is 1. The van der Waals surface area contributed by atoms with Crippen LogP contribution in [-0.2, 0) is 5.54 Å². The van der Waals surface area contributed by atoms with Crippen molar-refractivity contribution < 1.29 is 4.74 Å². The molecule has 0 spiro atoms. The van der Waals surface area contributed by atoms with Crippen molar-refractivity contribution in [1.29, 1.82) is 0 Å². The SMILES string of the molecule is COc1nn(C(C)(C)C)c(Br)c1N. The fourth-order valence-corrected chi connectivity index (χ4v) is 1.77. The minimum absolute atomic E-state index is 0.107. The normalized spacial score (nSPS) is 11.8. The van der Waals surface area contributed by atoms with Crippen LogP contribution in [0.3, 0.4) is 0 Å². The number of nitrogens with zero attached hydrogens (tertiary/aromatic N) is 2. The monoisotopic (exact) mass is 247 g/mol. The molecule has 0 aliphatic heterocycles. The standard InChI is InChI=1S/C8H14BrN3O/c1-8(2,3)12-6(9)5(10)7(11-12)13-4/h10H2,1-4H3. The van der Waals surface area contributed by atoms with Crippen LogP contribution in [0.5, 0.6) is 5.88 Å². The van der Waals surface area contributed by atoms with Gasteiger partial charge in [-0.1, -0.05) is 0 Å². The maximum atomic E-state index is 5.76. The topological polar surface area (TPSA) is 53.1 Å². The maximum Gasteiger partial charge on any atom is 0.257 e. The van der Waals surface area contributed by atoms with Gasteiger partial charge in [0.25, 0.3) is 5.88 Å². The van der Waals surface area contributed by atoms with Gasteiger partial charge in [-0.3, -0.25) is 0 Å². The van der Waals surface area contributed by atoms with Crippen LogP contribution in [0.2, 0.25) is 0 Å². The molecule has 0 aromatic carbocycles. The molecule has 2 N–H and O–H groups in total. The molecule has 1 aromatic rings. The summed E-state index contributed by atoms with van der Waals surface area (Å²) in [6, 6.07) is 0. The van der Waals surface area contributed by atoms with Crippen molar-refractivity contribution in [3.63, 3.8) is 0 Å². The van der Waals surface area contributed by atoms with Gasteiger partial charge in [-0.2, -0.15) is 0 Å². The zero-order chi connectivity index (χ0) is 10.2. The number of ether oxygens (including phenoxy) is 1. The van der Waals surface area contributed by atoms with Gasteiger partial charge in [0.15, 0.2) is 0 Å². The third kappa shape index (κ3) is 1.80. The van der Waals surface area contributed by atoms with Crippen LogP contribution in [0.4, 0.5) is 5.69 Å². The first kappa shape index (κ1) is 10.4. The average molecular weight is 248 g/mol. The second kappa shape index (κ2) is 3.21. The minimum Gasteiger partial charge on any atom is -0.478 e. The van der Waals surface area contributed by atoms with Crippen molar-refractivity contribution in [3.8, 4) is 5.88 Å². The fourth-order valence-electron chi connectivity index (χ4n) is 0.986. The van der Waals surface area contributed by atoms with E-state index in [4.69, 9.17) is 10.5 Å². The molecule has 0 saturated carbocycles. The first-order valence-corrected chi connectivity index (χ1v) is 4.75. The zero-order valence-corrected chi connectivity index (χ0v) is 9.84. The number of aromatic nitrogens is 2. The van der Waals surface area contributed by atoms with E-state index in [9.17, 15) is 0 Å². The zero-order valence-electron chi connectivity index (χ0n) is 8.26. The molecule has 1 aromatic heterocycles. The number of methoxy groups -OCH3 is 1. The molecule has 0 unspecified atom stereocenters. The Morgan fingerprint density at radius 1 is 1.46 bits per heavy atom. The molecule has 0 aliphatic carbocycles. The number of anilines is 1. The van der Waals surface area contributed by atoms with Gasteiger partial charge in [0.2, 0.25) is 0 Å². The highest BCUT2D eigenvalue weighted by Gasteiger charge is 2.22. The summed E-state index contributed by atoms with van der Waals surface area (Å²) in [5.74, 6) is 0.460. The van der Waals surface area contributed by atoms with Crippen LogP contribution in [0.25, 0.3) is 0 Å². The van der Waals surface area contributed by atoms with Crippen LogP contribution in [0.15, 0.2) is 4.60 Å². The third-order valence-corrected chi connectivity index (χ3v) is 2.42. The van der Waals surface area contributed by atoms with Crippen molar-refractivity contribution in [2.45, 2.75) is 26.3 Å². The van der Waals surface area contributed by atoms with Crippen LogP contribution in [0, 0.1) is 0 Å². The van der Waals surface area contributed by atoms with E-state index < -0.39 is 0 Å². The highest BCUT2D eigenvalue weighted by molar-refractivity contribution is 9.10. The van der Waals surface area contributed by atoms with Crippen LogP contribution in [-0.4, -0.2) is 16.9 Å². The second-order valence-electron chi connectivity index (χ2n) is 3.80. The third-order valence-electron chi connectivity index (χ3n) is 1.66. The number of halogens is 1. The van der Waals surface area contributed by atoms with Gasteiger partial charge in [-0.25, -0.2) is 4.68 Å². The lowest BCUT2D eigenvalue weighted by Gasteiger charge is -2.19. The van der Waals surface area contributed by atoms with Crippen LogP contribution >= 0.6 is 15.9 Å². The number of nitrogens with two attached hydrogens (primary N) is 1. The van der Waals surface area contributed by atoms with E-state index in [1.54, 1.807) is 11.8 Å². The predicted octanol–water partition coefficient (Wildman–Crippen LogP) is 1.99. The Balaban J connectivity index is 3.25. The van der Waals surface area contributed by atoms with Crippen molar-refractivity contribution in [3.05, 3.63) is 4.60 Å². The Kier molecular flexibility index (Phi) is 2.56. The molecular formula is C8H14BrN3O. The Morgan fingerprint density at radius 2 is 2.00 bits per heavy atom. The lowest BCUT2D eigenvalue weighted by Crippen LogP contribution is -2.23. The lowest BCUT2D eigenvalue weighted by atomic mass is 10.1. The molecule has 1 heterocycles. The molecular weight excluding hydrogens is 234 g/mol. The highest BCUT2D eigenvalue weighted by atomic mass is 79.9. The molecule has 5 heteroatoms. The van der Waals surface area contributed by atoms with Gasteiger partial charge in [0.05, 0.1) is 12.6 Å². The first-order valence-electron chi connectivity index (χ1n) is 3.96. The summed E-state index contributed by atoms with van der Waals surface area (Å²) in [5.41, 5.74) is 6.19. The van der Waals surface area contributed by atoms with Gasteiger partial charge in [-0.15, -0.1) is 5.10 Å². The Hall–Kier alpha value is -0.710. The van der Waals surface area contributed by atoms with E-state index in [1.165, 1.54) is 0 Å². The molecule has 0 bridgehead atoms. The van der Waals surface area contributed by atoms with E-state index in [0.717, 1.165) is 4.60 Å². The molecule has 13 heavy (non-hydrogen) atoms. The van der Waals surface area contributed by atoms with Crippen LogP contribution < -0.4 is 10.5 Å². The quantitative estimate of drug-likeness (QED) is 0.826. The maximum absolute atomic E-state index is 5.76. The van der Waals surface area contributed by atoms with E-state index in [-0.39, 0.29) is 5.54 Å². The van der Waals surface area contributed by atoms with Gasteiger partial charge >= 0.3 is 0 Å². The molecule has 0 fully saturated rings. The Bertz CT molecular complexity index is 314. The molecule has 4 nitrogen and oxygen atoms in total. The second-order valence-corrected chi connectivity index (χ2v) is 4.55. The Morgan fingerprint density at radius 3 is 2.23 bits per heavy atom. The van der Waals surface area contributed by atoms with Crippen molar-refractivity contribution >= 4 is 21.6 Å². The molecule has 0 radical (unpaired) electrons. The predicted molar refractivity (Wildman–Crippen MR) is 55.9 cm³/mol. The minimum atomic E-state index is -0.107. The number of hydrogen-bond acceptors (Lipinski definition) is 3. The molecule has 1 rings (SSSR count). The molecule has 0 atom stereocenters. The average Bonchev–Trinajstić information content (AvgIpc) is 2.28. The van der Waals surface area contributed by atoms with E-state index >= 15 is 0 Å². The van der Waals surface area contributed by atoms with Gasteiger partial charge in [-0.05, 0) is 36.7 Å². The largest absolute Gasteiger partial charge is 0.478 e. The summed E-state index contributed by atoms with van der Waals surface area (Å²) in [6.07, 6.45) is 0. The van der Waals surface area contributed by atoms with Crippen molar-refractivity contribution in [2.75, 3.05) is 12.8 Å². The fraction of sp³-hybridized carbons (Fsp3) is 0.625. The molecule has 0 aliphatic rings. The summed E-state index contributed by atoms with van der Waals surface area (Å²) >= 11 is 3.37. The smallest absolute Gasteiger partial charge is 0.257 e. The van der Waals surface area contributed by atoms with Crippen molar-refractivity contribution in [2.24, 2.45) is 0 Å². The van der Waals surface area contributed by atoms with E-state index in [2.05, 4.69) is 21.0 Å².